The average molecular weight is 242 g/mol. The van der Waals surface area contributed by atoms with Crippen LogP contribution < -0.4 is 5.73 Å². The lowest BCUT2D eigenvalue weighted by atomic mass is 9.79. The molecule has 0 amide bonds. The third-order valence-electron chi connectivity index (χ3n) is 2.91. The lowest BCUT2D eigenvalue weighted by Gasteiger charge is -2.23. The van der Waals surface area contributed by atoms with Gasteiger partial charge in [-0.3, -0.25) is 0 Å². The molecule has 0 aliphatic carbocycles. The fourth-order valence-corrected chi connectivity index (χ4v) is 2.82. The summed E-state index contributed by atoms with van der Waals surface area (Å²) in [6.07, 6.45) is 0.704. The van der Waals surface area contributed by atoms with Crippen LogP contribution in [0.5, 0.6) is 0 Å². The molecule has 1 aromatic heterocycles. The molecule has 2 N–H and O–H groups in total. The molecule has 0 aliphatic heterocycles. The van der Waals surface area contributed by atoms with Gasteiger partial charge in [-0.15, -0.1) is 11.3 Å². The zero-order valence-electron chi connectivity index (χ0n) is 9.68. The largest absolute Gasteiger partial charge is 0.398 e. The van der Waals surface area contributed by atoms with Gasteiger partial charge in [0.1, 0.15) is 0 Å². The standard InChI is InChI=1S/C14H14N2S/c1-14(10-15,9-11-5-4-8-17-11)12-6-2-3-7-13(12)16/h2-8H,9,16H2,1H3. The van der Waals surface area contributed by atoms with Crippen molar-refractivity contribution in [2.45, 2.75) is 18.8 Å². The van der Waals surface area contributed by atoms with E-state index in [1.165, 1.54) is 4.88 Å². The lowest BCUT2D eigenvalue weighted by Crippen LogP contribution is -2.23. The fourth-order valence-electron chi connectivity index (χ4n) is 1.96. The SMILES string of the molecule is CC(C#N)(Cc1cccs1)c1ccccc1N. The van der Waals surface area contributed by atoms with Crippen LogP contribution >= 0.6 is 11.3 Å². The molecule has 86 valence electrons. The first-order valence-corrected chi connectivity index (χ1v) is 6.32. The molecule has 1 atom stereocenters. The van der Waals surface area contributed by atoms with E-state index in [1.54, 1.807) is 11.3 Å². The second-order valence-electron chi connectivity index (χ2n) is 4.29. The second kappa shape index (κ2) is 4.60. The Morgan fingerprint density at radius 3 is 2.65 bits per heavy atom. The monoisotopic (exact) mass is 242 g/mol. The van der Waals surface area contributed by atoms with Gasteiger partial charge in [-0.2, -0.15) is 5.26 Å². The molecule has 2 aromatic rings. The number of hydrogen-bond donors (Lipinski definition) is 1. The minimum absolute atomic E-state index is 0.559. The molecule has 0 bridgehead atoms. The first-order chi connectivity index (χ1) is 8.15. The molecule has 0 saturated carbocycles. The van der Waals surface area contributed by atoms with E-state index in [0.29, 0.717) is 12.1 Å². The fraction of sp³-hybridized carbons (Fsp3) is 0.214. The van der Waals surface area contributed by atoms with E-state index < -0.39 is 5.41 Å². The van der Waals surface area contributed by atoms with Gasteiger partial charge < -0.3 is 5.73 Å². The summed E-state index contributed by atoms with van der Waals surface area (Å²) in [6.45, 7) is 1.94. The first kappa shape index (κ1) is 11.7. The van der Waals surface area contributed by atoms with Crippen molar-refractivity contribution in [1.82, 2.24) is 0 Å². The average Bonchev–Trinajstić information content (AvgIpc) is 2.82. The number of para-hydroxylation sites is 1. The summed E-state index contributed by atoms with van der Waals surface area (Å²) in [5, 5.41) is 11.5. The molecule has 2 rings (SSSR count). The number of benzene rings is 1. The van der Waals surface area contributed by atoms with Crippen molar-refractivity contribution in [3.8, 4) is 6.07 Å². The number of anilines is 1. The molecule has 0 radical (unpaired) electrons. The van der Waals surface area contributed by atoms with Crippen molar-refractivity contribution >= 4 is 17.0 Å². The Morgan fingerprint density at radius 2 is 2.06 bits per heavy atom. The highest BCUT2D eigenvalue weighted by molar-refractivity contribution is 7.09. The number of thiophene rings is 1. The van der Waals surface area contributed by atoms with E-state index in [9.17, 15) is 5.26 Å². The maximum absolute atomic E-state index is 9.46. The van der Waals surface area contributed by atoms with E-state index in [-0.39, 0.29) is 0 Å². The van der Waals surface area contributed by atoms with E-state index in [0.717, 1.165) is 5.56 Å². The van der Waals surface area contributed by atoms with Gasteiger partial charge in [0.25, 0.3) is 0 Å². The molecule has 3 heteroatoms. The summed E-state index contributed by atoms with van der Waals surface area (Å²) in [5.41, 5.74) is 7.01. The molecular weight excluding hydrogens is 228 g/mol. The Morgan fingerprint density at radius 1 is 1.29 bits per heavy atom. The van der Waals surface area contributed by atoms with Crippen LogP contribution in [0.3, 0.4) is 0 Å². The number of nitrogens with zero attached hydrogens (tertiary/aromatic N) is 1. The highest BCUT2D eigenvalue weighted by Gasteiger charge is 2.29. The van der Waals surface area contributed by atoms with Crippen LogP contribution in [0.4, 0.5) is 5.69 Å². The molecule has 1 aromatic carbocycles. The van der Waals surface area contributed by atoms with Gasteiger partial charge in [-0.1, -0.05) is 24.3 Å². The van der Waals surface area contributed by atoms with Gasteiger partial charge in [-0.05, 0) is 30.0 Å². The second-order valence-corrected chi connectivity index (χ2v) is 5.32. The van der Waals surface area contributed by atoms with Crippen LogP contribution in [-0.2, 0) is 11.8 Å². The van der Waals surface area contributed by atoms with Crippen LogP contribution in [0.1, 0.15) is 17.4 Å². The molecule has 0 aliphatic rings. The normalized spacial score (nSPS) is 13.9. The van der Waals surface area contributed by atoms with Crippen molar-refractivity contribution in [2.75, 3.05) is 5.73 Å². The van der Waals surface area contributed by atoms with Crippen molar-refractivity contribution in [1.29, 1.82) is 5.26 Å². The molecule has 0 saturated heterocycles. The summed E-state index contributed by atoms with van der Waals surface area (Å²) >= 11 is 1.67. The summed E-state index contributed by atoms with van der Waals surface area (Å²) in [7, 11) is 0. The van der Waals surface area contributed by atoms with Crippen LogP contribution in [0, 0.1) is 11.3 Å². The summed E-state index contributed by atoms with van der Waals surface area (Å²) in [4.78, 5) is 1.21. The lowest BCUT2D eigenvalue weighted by molar-refractivity contribution is 0.614. The van der Waals surface area contributed by atoms with Gasteiger partial charge in [0, 0.05) is 17.0 Å². The quantitative estimate of drug-likeness (QED) is 0.839. The number of nitrogen functional groups attached to an aromatic ring is 1. The zero-order chi connectivity index (χ0) is 12.3. The van der Waals surface area contributed by atoms with Gasteiger partial charge in [0.05, 0.1) is 11.5 Å². The number of rotatable bonds is 3. The molecule has 2 nitrogen and oxygen atoms in total. The number of nitriles is 1. The maximum Gasteiger partial charge on any atom is 0.0862 e. The number of nitrogens with two attached hydrogens (primary N) is 1. The highest BCUT2D eigenvalue weighted by Crippen LogP contribution is 2.32. The molecule has 1 unspecified atom stereocenters. The molecule has 1 heterocycles. The van der Waals surface area contributed by atoms with Gasteiger partial charge in [-0.25, -0.2) is 0 Å². The smallest absolute Gasteiger partial charge is 0.0862 e. The zero-order valence-corrected chi connectivity index (χ0v) is 10.5. The van der Waals surface area contributed by atoms with Crippen molar-refractivity contribution in [3.63, 3.8) is 0 Å². The Bertz CT molecular complexity index is 540. The predicted octanol–water partition coefficient (Wildman–Crippen LogP) is 3.35. The van der Waals surface area contributed by atoms with Crippen molar-refractivity contribution < 1.29 is 0 Å². The first-order valence-electron chi connectivity index (χ1n) is 5.44. The van der Waals surface area contributed by atoms with E-state index in [4.69, 9.17) is 5.73 Å². The Kier molecular flexibility index (Phi) is 3.16. The van der Waals surface area contributed by atoms with E-state index in [2.05, 4.69) is 12.1 Å². The minimum Gasteiger partial charge on any atom is -0.398 e. The van der Waals surface area contributed by atoms with Gasteiger partial charge in [0.15, 0.2) is 0 Å². The van der Waals surface area contributed by atoms with Crippen LogP contribution in [0.25, 0.3) is 0 Å². The third-order valence-corrected chi connectivity index (χ3v) is 3.79. The summed E-state index contributed by atoms with van der Waals surface area (Å²) in [6, 6.07) is 14.1. The van der Waals surface area contributed by atoms with Crippen molar-refractivity contribution in [2.24, 2.45) is 0 Å². The van der Waals surface area contributed by atoms with Crippen LogP contribution in [0.2, 0.25) is 0 Å². The maximum atomic E-state index is 9.46. The Hall–Kier alpha value is -1.79. The van der Waals surface area contributed by atoms with E-state index in [1.807, 2.05) is 42.6 Å². The third kappa shape index (κ3) is 2.32. The van der Waals surface area contributed by atoms with Gasteiger partial charge >= 0.3 is 0 Å². The molecule has 0 spiro atoms. The van der Waals surface area contributed by atoms with Gasteiger partial charge in [0.2, 0.25) is 0 Å². The predicted molar refractivity (Wildman–Crippen MR) is 71.8 cm³/mol. The van der Waals surface area contributed by atoms with Crippen molar-refractivity contribution in [3.05, 3.63) is 52.2 Å². The Labute approximate surface area is 105 Å². The van der Waals surface area contributed by atoms with Crippen LogP contribution in [0.15, 0.2) is 41.8 Å². The number of hydrogen-bond acceptors (Lipinski definition) is 3. The minimum atomic E-state index is -0.559. The highest BCUT2D eigenvalue weighted by atomic mass is 32.1. The molecule has 17 heavy (non-hydrogen) atoms. The molecule has 0 fully saturated rings. The van der Waals surface area contributed by atoms with E-state index >= 15 is 0 Å². The topological polar surface area (TPSA) is 49.8 Å². The Balaban J connectivity index is 2.39. The van der Waals surface area contributed by atoms with Crippen LogP contribution in [-0.4, -0.2) is 0 Å². The summed E-state index contributed by atoms with van der Waals surface area (Å²) < 4.78 is 0. The molecular formula is C14H14N2S. The summed E-state index contributed by atoms with van der Waals surface area (Å²) in [5.74, 6) is 0.